The molecule has 1 fully saturated rings. The van der Waals surface area contributed by atoms with Crippen LogP contribution in [0.25, 0.3) is 10.9 Å². The highest BCUT2D eigenvalue weighted by Crippen LogP contribution is 2.41. The van der Waals surface area contributed by atoms with Crippen molar-refractivity contribution < 1.29 is 32.5 Å². The van der Waals surface area contributed by atoms with E-state index in [0.29, 0.717) is 53.6 Å². The van der Waals surface area contributed by atoms with Crippen LogP contribution in [0.5, 0.6) is 0 Å². The van der Waals surface area contributed by atoms with Crippen molar-refractivity contribution in [1.82, 2.24) is 14.7 Å². The second-order valence-corrected chi connectivity index (χ2v) is 18.3. The highest BCUT2D eigenvalue weighted by Gasteiger charge is 2.39. The fourth-order valence-corrected chi connectivity index (χ4v) is 6.37. The molecule has 3 aromatic rings. The molecule has 12 heteroatoms. The molecule has 0 aliphatic carbocycles. The molecule has 41 heavy (non-hydrogen) atoms. The number of piperidine rings is 1. The fourth-order valence-electron chi connectivity index (χ4n) is 5.13. The zero-order valence-corrected chi connectivity index (χ0v) is 26.4. The number of fused-ring (bicyclic) bond motifs is 1. The fraction of sp³-hybridized carbons (Fsp3) is 0.517. The minimum atomic E-state index is -4.55. The van der Waals surface area contributed by atoms with Gasteiger partial charge in [0.05, 0.1) is 23.8 Å². The lowest BCUT2D eigenvalue weighted by atomic mass is 9.73. The van der Waals surface area contributed by atoms with Crippen LogP contribution >= 0.6 is 15.9 Å². The molecule has 1 atom stereocenters. The molecular weight excluding hydrogens is 619 g/mol. The van der Waals surface area contributed by atoms with Gasteiger partial charge in [0.25, 0.3) is 0 Å². The molecule has 2 heterocycles. The lowest BCUT2D eigenvalue weighted by Gasteiger charge is -2.41. The third-order valence-corrected chi connectivity index (χ3v) is 10.3. The van der Waals surface area contributed by atoms with Gasteiger partial charge in [0.2, 0.25) is 0 Å². The van der Waals surface area contributed by atoms with Crippen molar-refractivity contribution in [2.24, 2.45) is 0 Å². The Bertz CT molecular complexity index is 1350. The van der Waals surface area contributed by atoms with E-state index in [4.69, 9.17) is 9.47 Å². The van der Waals surface area contributed by atoms with Crippen LogP contribution in [0.2, 0.25) is 25.7 Å². The summed E-state index contributed by atoms with van der Waals surface area (Å²) < 4.78 is 56.0. The van der Waals surface area contributed by atoms with Gasteiger partial charge in [-0.05, 0) is 59.4 Å². The predicted octanol–water partition coefficient (Wildman–Crippen LogP) is 7.92. The minimum absolute atomic E-state index is 0.118. The Morgan fingerprint density at radius 1 is 1.17 bits per heavy atom. The Morgan fingerprint density at radius 3 is 2.41 bits per heavy atom. The number of hydrogen-bond donors (Lipinski definition) is 1. The zero-order valence-electron chi connectivity index (χ0n) is 23.8. The second-order valence-electron chi connectivity index (χ2n) is 12.0. The SMILES string of the molecule is CC(OCC1(c2ccccc2)CCN(C(=O)O)CC1)c1cc(C(F)(F)F)cc2c(Br)n(COCC[Si](C)(C)C)nc12. The van der Waals surface area contributed by atoms with Crippen molar-refractivity contribution in [2.45, 2.75) is 69.9 Å². The smallest absolute Gasteiger partial charge is 0.416 e. The van der Waals surface area contributed by atoms with Gasteiger partial charge in [-0.1, -0.05) is 50.0 Å². The molecule has 4 rings (SSSR count). The number of likely N-dealkylation sites (tertiary alicyclic amines) is 1. The van der Waals surface area contributed by atoms with Crippen LogP contribution in [0.1, 0.15) is 42.6 Å². The summed E-state index contributed by atoms with van der Waals surface area (Å²) in [7, 11) is -1.30. The van der Waals surface area contributed by atoms with E-state index in [9.17, 15) is 23.1 Å². The number of rotatable bonds is 10. The van der Waals surface area contributed by atoms with Gasteiger partial charge in [-0.3, -0.25) is 0 Å². The molecular formula is C29H37BrF3N3O4Si. The van der Waals surface area contributed by atoms with Gasteiger partial charge in [-0.15, -0.1) is 0 Å². The third kappa shape index (κ3) is 7.52. The number of hydrogen-bond acceptors (Lipinski definition) is 4. The molecule has 1 N–H and O–H groups in total. The van der Waals surface area contributed by atoms with Crippen molar-refractivity contribution in [3.05, 3.63) is 63.8 Å². The van der Waals surface area contributed by atoms with Crippen molar-refractivity contribution >= 4 is 41.0 Å². The van der Waals surface area contributed by atoms with Crippen LogP contribution < -0.4 is 0 Å². The largest absolute Gasteiger partial charge is 0.465 e. The van der Waals surface area contributed by atoms with Crippen LogP contribution in [0, 0.1) is 0 Å². The van der Waals surface area contributed by atoms with Crippen LogP contribution in [0.3, 0.4) is 0 Å². The number of nitrogens with zero attached hydrogens (tertiary/aromatic N) is 3. The number of carbonyl (C=O) groups is 1. The molecule has 7 nitrogen and oxygen atoms in total. The van der Waals surface area contributed by atoms with Crippen LogP contribution in [-0.2, 0) is 27.8 Å². The van der Waals surface area contributed by atoms with Gasteiger partial charge in [0, 0.05) is 44.1 Å². The maximum atomic E-state index is 14.0. The summed E-state index contributed by atoms with van der Waals surface area (Å²) >= 11 is 3.45. The summed E-state index contributed by atoms with van der Waals surface area (Å²) in [5.74, 6) is 0. The molecule has 1 aliphatic rings. The van der Waals surface area contributed by atoms with Gasteiger partial charge >= 0.3 is 12.3 Å². The number of aromatic nitrogens is 2. The van der Waals surface area contributed by atoms with Crippen molar-refractivity contribution in [1.29, 1.82) is 0 Å². The van der Waals surface area contributed by atoms with Crippen molar-refractivity contribution in [3.8, 4) is 0 Å². The van der Waals surface area contributed by atoms with Crippen molar-refractivity contribution in [2.75, 3.05) is 26.3 Å². The molecule has 1 amide bonds. The Morgan fingerprint density at radius 2 is 1.83 bits per heavy atom. The number of benzene rings is 2. The van der Waals surface area contributed by atoms with E-state index in [1.807, 2.05) is 30.3 Å². The molecule has 1 aliphatic heterocycles. The van der Waals surface area contributed by atoms with E-state index in [0.717, 1.165) is 23.7 Å². The van der Waals surface area contributed by atoms with Crippen molar-refractivity contribution in [3.63, 3.8) is 0 Å². The second kappa shape index (κ2) is 12.4. The van der Waals surface area contributed by atoms with Gasteiger partial charge in [-0.2, -0.15) is 18.3 Å². The van der Waals surface area contributed by atoms with E-state index < -0.39 is 37.4 Å². The summed E-state index contributed by atoms with van der Waals surface area (Å²) in [6.07, 6.45) is -5.13. The quantitative estimate of drug-likeness (QED) is 0.177. The highest BCUT2D eigenvalue weighted by atomic mass is 79.9. The van der Waals surface area contributed by atoms with E-state index in [2.05, 4.69) is 40.7 Å². The standard InChI is InChI=1S/C29H37BrF3N3O4Si/c1-20(40-18-28(21-8-6-5-7-9-21)10-12-35(13-11-28)27(37)38)23-16-22(29(31,32)33)17-24-25(23)34-36(26(24)30)19-39-14-15-41(2,3)4/h5-9,16-17,20H,10-15,18-19H2,1-4H3,(H,37,38). The van der Waals surface area contributed by atoms with E-state index in [1.54, 1.807) is 11.6 Å². The van der Waals surface area contributed by atoms with Crippen LogP contribution in [0.4, 0.5) is 18.0 Å². The molecule has 0 spiro atoms. The first-order valence-corrected chi connectivity index (χ1v) is 18.2. The molecule has 1 aromatic heterocycles. The van der Waals surface area contributed by atoms with Gasteiger partial charge in [0.15, 0.2) is 0 Å². The number of amides is 1. The van der Waals surface area contributed by atoms with Gasteiger partial charge in [0.1, 0.15) is 11.3 Å². The molecule has 0 radical (unpaired) electrons. The maximum absolute atomic E-state index is 14.0. The highest BCUT2D eigenvalue weighted by molar-refractivity contribution is 9.10. The monoisotopic (exact) mass is 655 g/mol. The average molecular weight is 657 g/mol. The number of alkyl halides is 3. The maximum Gasteiger partial charge on any atom is 0.416 e. The number of ether oxygens (including phenoxy) is 2. The molecule has 0 saturated carbocycles. The summed E-state index contributed by atoms with van der Waals surface area (Å²) in [6.45, 7) is 10.1. The van der Waals surface area contributed by atoms with E-state index >= 15 is 0 Å². The van der Waals surface area contributed by atoms with E-state index in [-0.39, 0.29) is 13.3 Å². The normalized spacial score (nSPS) is 16.7. The molecule has 1 unspecified atom stereocenters. The average Bonchev–Trinajstić information content (AvgIpc) is 3.24. The predicted molar refractivity (Wildman–Crippen MR) is 158 cm³/mol. The first kappa shape index (κ1) is 31.5. The first-order valence-electron chi connectivity index (χ1n) is 13.7. The first-order chi connectivity index (χ1) is 19.2. The number of carboxylic acid groups (broad SMARTS) is 1. The minimum Gasteiger partial charge on any atom is -0.465 e. The Labute approximate surface area is 247 Å². The number of halogens is 4. The summed E-state index contributed by atoms with van der Waals surface area (Å²) in [5.41, 5.74) is 0.534. The van der Waals surface area contributed by atoms with Gasteiger partial charge < -0.3 is 19.5 Å². The zero-order chi connectivity index (χ0) is 30.0. The molecule has 224 valence electrons. The van der Waals surface area contributed by atoms with E-state index in [1.165, 1.54) is 4.90 Å². The Kier molecular flexibility index (Phi) is 9.57. The lowest BCUT2D eigenvalue weighted by Crippen LogP contribution is -2.47. The van der Waals surface area contributed by atoms with Gasteiger partial charge in [-0.25, -0.2) is 9.48 Å². The lowest BCUT2D eigenvalue weighted by molar-refractivity contribution is -0.137. The molecule has 2 aromatic carbocycles. The Hall–Kier alpha value is -2.41. The Balaban J connectivity index is 1.62. The summed E-state index contributed by atoms with van der Waals surface area (Å²) in [5, 5.41) is 14.4. The topological polar surface area (TPSA) is 76.8 Å². The summed E-state index contributed by atoms with van der Waals surface area (Å²) in [4.78, 5) is 12.9. The van der Waals surface area contributed by atoms with Crippen LogP contribution in [-0.4, -0.2) is 60.3 Å². The third-order valence-electron chi connectivity index (χ3n) is 7.77. The molecule has 0 bridgehead atoms. The van der Waals surface area contributed by atoms with Crippen LogP contribution in [0.15, 0.2) is 47.1 Å². The molecule has 1 saturated heterocycles. The summed E-state index contributed by atoms with van der Waals surface area (Å²) in [6, 6.07) is 12.9.